The van der Waals surface area contributed by atoms with Crippen molar-refractivity contribution in [3.05, 3.63) is 0 Å². The molecule has 1 amide bonds. The van der Waals surface area contributed by atoms with Crippen molar-refractivity contribution in [3.8, 4) is 0 Å². The number of carbonyl (C=O) groups is 1. The summed E-state index contributed by atoms with van der Waals surface area (Å²) in [6, 6.07) is 0. The minimum absolute atomic E-state index is 0.320. The lowest BCUT2D eigenvalue weighted by molar-refractivity contribution is -0.112. The Morgan fingerprint density at radius 2 is 2.43 bits per heavy atom. The molecule has 3 N–H and O–H groups in total. The Morgan fingerprint density at radius 1 is 1.86 bits per heavy atom. The second-order valence-corrected chi connectivity index (χ2v) is 0.983. The number of hydrogen-bond donors (Lipinski definition) is 3. The second kappa shape index (κ2) is 3.58. The second-order valence-electron chi connectivity index (χ2n) is 0.983. The Balaban J connectivity index is 2.98. The van der Waals surface area contributed by atoms with Crippen molar-refractivity contribution in [3.63, 3.8) is 0 Å². The highest BCUT2D eigenvalue weighted by molar-refractivity contribution is 5.46. The monoisotopic (exact) mass is 105 g/mol. The van der Waals surface area contributed by atoms with Gasteiger partial charge in [-0.1, -0.05) is 0 Å². The summed E-state index contributed by atoms with van der Waals surface area (Å²) in [6.07, 6.45) is -0.793. The van der Waals surface area contributed by atoms with Crippen LogP contribution in [0.4, 0.5) is 0 Å². The van der Waals surface area contributed by atoms with Crippen molar-refractivity contribution in [2.75, 3.05) is 6.61 Å². The number of nitrogens with one attached hydrogen (secondary N) is 1. The third kappa shape index (κ3) is 3.21. The van der Waals surface area contributed by atoms with E-state index in [-0.39, 0.29) is 0 Å². The number of carbonyl (C=O) groups excluding carboxylic acids is 1. The van der Waals surface area contributed by atoms with Crippen molar-refractivity contribution in [1.29, 1.82) is 0 Å². The average molecular weight is 105 g/mol. The first kappa shape index (κ1) is 6.39. The zero-order chi connectivity index (χ0) is 5.70. The highest BCUT2D eigenvalue weighted by atomic mass is 16.3. The lowest BCUT2D eigenvalue weighted by atomic mass is 10.6. The van der Waals surface area contributed by atoms with Crippen LogP contribution in [0.15, 0.2) is 0 Å². The molecule has 0 aromatic rings. The van der Waals surface area contributed by atoms with Gasteiger partial charge in [0.2, 0.25) is 6.41 Å². The molecule has 0 aromatic carbocycles. The van der Waals surface area contributed by atoms with Crippen LogP contribution in [0.1, 0.15) is 0 Å². The molecule has 0 radical (unpaired) electrons. The molecule has 4 nitrogen and oxygen atoms in total. The highest BCUT2D eigenvalue weighted by Crippen LogP contribution is 1.64. The van der Waals surface area contributed by atoms with Crippen molar-refractivity contribution >= 4 is 6.41 Å². The summed E-state index contributed by atoms with van der Waals surface area (Å²) in [5.41, 5.74) is 0. The van der Waals surface area contributed by atoms with Crippen molar-refractivity contribution < 1.29 is 15.0 Å². The van der Waals surface area contributed by atoms with E-state index < -0.39 is 12.8 Å². The first-order valence-corrected chi connectivity index (χ1v) is 1.80. The summed E-state index contributed by atoms with van der Waals surface area (Å²) in [5.74, 6) is 0. The Bertz CT molecular complexity index is 56.1. The number of aliphatic hydroxyl groups excluding tert-OH is 2. The number of hydrogen-bond acceptors (Lipinski definition) is 3. The minimum atomic E-state index is -1.11. The molecule has 7 heavy (non-hydrogen) atoms. The summed E-state index contributed by atoms with van der Waals surface area (Å²) in [6.45, 7) is -0.446. The third-order valence-electron chi connectivity index (χ3n) is 0.433. The fraction of sp³-hybridized carbons (Fsp3) is 0.667. The molecule has 0 fully saturated rings. The molecule has 0 aliphatic rings. The minimum Gasteiger partial charge on any atom is -0.392 e. The molecule has 1 unspecified atom stereocenters. The van der Waals surface area contributed by atoms with Crippen LogP contribution in [0, 0.1) is 0 Å². The smallest absolute Gasteiger partial charge is 0.209 e. The van der Waals surface area contributed by atoms with Crippen molar-refractivity contribution in [1.82, 2.24) is 5.32 Å². The number of rotatable bonds is 3. The largest absolute Gasteiger partial charge is 0.392 e. The van der Waals surface area contributed by atoms with Crippen LogP contribution in [0.2, 0.25) is 0 Å². The molecule has 0 rings (SSSR count). The third-order valence-corrected chi connectivity index (χ3v) is 0.433. The molecule has 0 spiro atoms. The fourth-order valence-corrected chi connectivity index (χ4v) is 0.131. The van der Waals surface area contributed by atoms with Crippen LogP contribution in [0.3, 0.4) is 0 Å². The highest BCUT2D eigenvalue weighted by Gasteiger charge is 1.93. The Kier molecular flexibility index (Phi) is 3.26. The van der Waals surface area contributed by atoms with Crippen LogP contribution in [-0.4, -0.2) is 29.5 Å². The zero-order valence-electron chi connectivity index (χ0n) is 3.66. The predicted octanol–water partition coefficient (Wildman–Crippen LogP) is -1.96. The van der Waals surface area contributed by atoms with Gasteiger partial charge in [0.05, 0.1) is 6.61 Å². The van der Waals surface area contributed by atoms with Gasteiger partial charge in [-0.2, -0.15) is 0 Å². The van der Waals surface area contributed by atoms with E-state index in [9.17, 15) is 4.79 Å². The Labute approximate surface area is 40.8 Å². The SMILES string of the molecule is O=CNC(O)CO. The van der Waals surface area contributed by atoms with Gasteiger partial charge in [-0.25, -0.2) is 0 Å². The van der Waals surface area contributed by atoms with E-state index in [1.165, 1.54) is 0 Å². The first-order chi connectivity index (χ1) is 3.31. The maximum atomic E-state index is 9.39. The van der Waals surface area contributed by atoms with Gasteiger partial charge in [0.25, 0.3) is 0 Å². The molecule has 0 bridgehead atoms. The van der Waals surface area contributed by atoms with Gasteiger partial charge in [-0.15, -0.1) is 0 Å². The summed E-state index contributed by atoms with van der Waals surface area (Å²) < 4.78 is 0. The van der Waals surface area contributed by atoms with E-state index >= 15 is 0 Å². The summed E-state index contributed by atoms with van der Waals surface area (Å²) >= 11 is 0. The first-order valence-electron chi connectivity index (χ1n) is 1.80. The van der Waals surface area contributed by atoms with E-state index in [2.05, 4.69) is 0 Å². The molecule has 0 aliphatic carbocycles. The van der Waals surface area contributed by atoms with Gasteiger partial charge in [0, 0.05) is 0 Å². The molecular formula is C3H7NO3. The summed E-state index contributed by atoms with van der Waals surface area (Å²) in [7, 11) is 0. The number of aliphatic hydroxyl groups is 2. The van der Waals surface area contributed by atoms with Gasteiger partial charge in [0.15, 0.2) is 0 Å². The lowest BCUT2D eigenvalue weighted by Crippen LogP contribution is -2.30. The van der Waals surface area contributed by atoms with Crippen LogP contribution < -0.4 is 5.32 Å². The van der Waals surface area contributed by atoms with E-state index in [4.69, 9.17) is 10.2 Å². The van der Waals surface area contributed by atoms with E-state index in [1.807, 2.05) is 5.32 Å². The van der Waals surface area contributed by atoms with Gasteiger partial charge in [-0.3, -0.25) is 4.79 Å². The fourth-order valence-electron chi connectivity index (χ4n) is 0.131. The maximum absolute atomic E-state index is 9.39. The topological polar surface area (TPSA) is 69.6 Å². The molecule has 0 heterocycles. The normalized spacial score (nSPS) is 12.9. The molecule has 4 heteroatoms. The Hall–Kier alpha value is -0.610. The van der Waals surface area contributed by atoms with Crippen LogP contribution >= 0.6 is 0 Å². The van der Waals surface area contributed by atoms with E-state index in [0.717, 1.165) is 0 Å². The quantitative estimate of drug-likeness (QED) is 0.288. The molecule has 1 atom stereocenters. The molecule has 0 aliphatic heterocycles. The zero-order valence-corrected chi connectivity index (χ0v) is 3.66. The van der Waals surface area contributed by atoms with Gasteiger partial charge < -0.3 is 15.5 Å². The lowest BCUT2D eigenvalue weighted by Gasteiger charge is -2.01. The summed E-state index contributed by atoms with van der Waals surface area (Å²) in [5, 5.41) is 18.2. The Morgan fingerprint density at radius 3 is 2.57 bits per heavy atom. The van der Waals surface area contributed by atoms with Gasteiger partial charge >= 0.3 is 0 Å². The van der Waals surface area contributed by atoms with Gasteiger partial charge in [-0.05, 0) is 0 Å². The average Bonchev–Trinajstić information content (AvgIpc) is 1.68. The summed E-state index contributed by atoms with van der Waals surface area (Å²) in [4.78, 5) is 9.39. The predicted molar refractivity (Wildman–Crippen MR) is 22.3 cm³/mol. The molecule has 0 saturated heterocycles. The number of amides is 1. The van der Waals surface area contributed by atoms with Crippen LogP contribution in [-0.2, 0) is 4.79 Å². The van der Waals surface area contributed by atoms with Crippen LogP contribution in [0.5, 0.6) is 0 Å². The van der Waals surface area contributed by atoms with Gasteiger partial charge in [0.1, 0.15) is 6.23 Å². The molecule has 0 aromatic heterocycles. The molecule has 0 saturated carbocycles. The van der Waals surface area contributed by atoms with Crippen molar-refractivity contribution in [2.24, 2.45) is 0 Å². The maximum Gasteiger partial charge on any atom is 0.209 e. The standard InChI is InChI=1S/C3H7NO3/c5-1-3(7)4-2-6/h2-3,5,7H,1H2,(H,4,6). The van der Waals surface area contributed by atoms with E-state index in [0.29, 0.717) is 6.41 Å². The van der Waals surface area contributed by atoms with Crippen LogP contribution in [0.25, 0.3) is 0 Å². The molecule has 42 valence electrons. The molecular weight excluding hydrogens is 98.0 g/mol. The van der Waals surface area contributed by atoms with Crippen molar-refractivity contribution in [2.45, 2.75) is 6.23 Å². The van der Waals surface area contributed by atoms with E-state index in [1.54, 1.807) is 0 Å².